The van der Waals surface area contributed by atoms with Gasteiger partial charge in [-0.05, 0) is 94.3 Å². The number of hydrogen-bond donors (Lipinski definition) is 2. The number of aryl methyl sites for hydroxylation is 2. The summed E-state index contributed by atoms with van der Waals surface area (Å²) in [5, 5.41) is 6.42. The highest BCUT2D eigenvalue weighted by Crippen LogP contribution is 2.55. The van der Waals surface area contributed by atoms with Gasteiger partial charge in [-0.3, -0.25) is 14.4 Å². The predicted octanol–water partition coefficient (Wildman–Crippen LogP) is 4.21. The van der Waals surface area contributed by atoms with Crippen molar-refractivity contribution in [1.29, 1.82) is 0 Å². The van der Waals surface area contributed by atoms with Gasteiger partial charge >= 0.3 is 0 Å². The maximum absolute atomic E-state index is 14.3. The topological polar surface area (TPSA) is 91.0 Å². The van der Waals surface area contributed by atoms with Crippen LogP contribution in [0.2, 0.25) is 0 Å². The van der Waals surface area contributed by atoms with E-state index in [4.69, 9.17) is 4.74 Å². The molecule has 8 atom stereocenters. The SMILES string of the molecule is Cc1ccc(NC(=O)C2[C@@H]3C=CC4(O3)C(C(=O)NC3CCCC(C)C3C)N(CCCN3CCCCC3)C(=O)[C@H]24)cc1C. The van der Waals surface area contributed by atoms with Crippen molar-refractivity contribution in [3.63, 3.8) is 0 Å². The summed E-state index contributed by atoms with van der Waals surface area (Å²) < 4.78 is 6.56. The largest absolute Gasteiger partial charge is 0.359 e. The van der Waals surface area contributed by atoms with E-state index in [2.05, 4.69) is 29.4 Å². The van der Waals surface area contributed by atoms with Gasteiger partial charge in [0, 0.05) is 18.3 Å². The lowest BCUT2D eigenvalue weighted by atomic mass is 9.73. The maximum atomic E-state index is 14.3. The van der Waals surface area contributed by atoms with Crippen LogP contribution in [-0.4, -0.2) is 77.5 Å². The van der Waals surface area contributed by atoms with E-state index in [1.54, 1.807) is 4.90 Å². The highest BCUT2D eigenvalue weighted by molar-refractivity contribution is 6.02. The summed E-state index contributed by atoms with van der Waals surface area (Å²) in [7, 11) is 0. The minimum absolute atomic E-state index is 0.0773. The monoisotopic (exact) mass is 576 g/mol. The zero-order chi connectivity index (χ0) is 29.6. The fourth-order valence-corrected chi connectivity index (χ4v) is 8.25. The van der Waals surface area contributed by atoms with Crippen molar-refractivity contribution < 1.29 is 19.1 Å². The molecule has 6 unspecified atom stereocenters. The molecule has 4 fully saturated rings. The third-order valence-electron chi connectivity index (χ3n) is 11.1. The smallest absolute Gasteiger partial charge is 0.246 e. The predicted molar refractivity (Wildman–Crippen MR) is 163 cm³/mol. The second-order valence-corrected chi connectivity index (χ2v) is 13.7. The molecule has 1 saturated carbocycles. The van der Waals surface area contributed by atoms with E-state index < -0.39 is 29.6 Å². The summed E-state index contributed by atoms with van der Waals surface area (Å²) in [5.41, 5.74) is 1.83. The second kappa shape index (κ2) is 11.8. The van der Waals surface area contributed by atoms with Crippen molar-refractivity contribution in [2.75, 3.05) is 31.5 Å². The Morgan fingerprint density at radius 2 is 1.79 bits per heavy atom. The number of anilines is 1. The van der Waals surface area contributed by atoms with Gasteiger partial charge in [0.1, 0.15) is 11.6 Å². The van der Waals surface area contributed by atoms with E-state index in [-0.39, 0.29) is 23.8 Å². The van der Waals surface area contributed by atoms with Crippen LogP contribution in [0.25, 0.3) is 0 Å². The van der Waals surface area contributed by atoms with Gasteiger partial charge < -0.3 is 25.2 Å². The number of carbonyl (C=O) groups excluding carboxylic acids is 3. The molecule has 3 amide bonds. The van der Waals surface area contributed by atoms with E-state index in [1.165, 1.54) is 25.7 Å². The first kappa shape index (κ1) is 29.4. The summed E-state index contributed by atoms with van der Waals surface area (Å²) in [6.07, 6.45) is 11.0. The number of hydrogen-bond acceptors (Lipinski definition) is 5. The number of nitrogens with one attached hydrogen (secondary N) is 2. The first-order chi connectivity index (χ1) is 20.2. The van der Waals surface area contributed by atoms with Crippen molar-refractivity contribution >= 4 is 23.4 Å². The number of ether oxygens (including phenoxy) is 1. The molecule has 228 valence electrons. The van der Waals surface area contributed by atoms with Gasteiger partial charge in [0.15, 0.2) is 0 Å². The zero-order valence-electron chi connectivity index (χ0n) is 25.7. The summed E-state index contributed by atoms with van der Waals surface area (Å²) in [5.74, 6) is -0.989. The van der Waals surface area contributed by atoms with E-state index in [0.29, 0.717) is 24.1 Å². The number of amides is 3. The molecule has 2 bridgehead atoms. The number of carbonyl (C=O) groups is 3. The molecule has 3 saturated heterocycles. The standard InChI is InChI=1S/C34H48N4O4/c1-21-12-13-25(20-23(21)3)35-31(39)28-27-14-15-34(42-27)29(28)33(41)38(19-9-18-37-16-6-5-7-17-37)30(34)32(40)36-26-11-8-10-22(2)24(26)4/h12-15,20,22,24,26-30H,5-11,16-19H2,1-4H3,(H,35,39)(H,36,40)/t22?,24?,26?,27-,28?,29-,30?,34?/m0/s1. The molecule has 2 N–H and O–H groups in total. The number of benzene rings is 1. The van der Waals surface area contributed by atoms with E-state index in [1.807, 2.05) is 44.2 Å². The number of nitrogens with zero attached hydrogens (tertiary/aromatic N) is 2. The highest BCUT2D eigenvalue weighted by atomic mass is 16.5. The molecule has 1 aliphatic carbocycles. The lowest BCUT2D eigenvalue weighted by Gasteiger charge is -2.38. The van der Waals surface area contributed by atoms with Crippen molar-refractivity contribution in [3.05, 3.63) is 41.5 Å². The summed E-state index contributed by atoms with van der Waals surface area (Å²) in [6, 6.07) is 5.14. The van der Waals surface area contributed by atoms with Crippen molar-refractivity contribution in [2.24, 2.45) is 23.7 Å². The van der Waals surface area contributed by atoms with Crippen LogP contribution >= 0.6 is 0 Å². The van der Waals surface area contributed by atoms with Gasteiger partial charge in [0.05, 0.1) is 17.9 Å². The molecule has 0 radical (unpaired) electrons. The van der Waals surface area contributed by atoms with Gasteiger partial charge in [-0.2, -0.15) is 0 Å². The quantitative estimate of drug-likeness (QED) is 0.453. The first-order valence-corrected chi connectivity index (χ1v) is 16.3. The zero-order valence-corrected chi connectivity index (χ0v) is 25.7. The molecular weight excluding hydrogens is 528 g/mol. The van der Waals surface area contributed by atoms with E-state index in [0.717, 1.165) is 50.0 Å². The lowest BCUT2D eigenvalue weighted by molar-refractivity contribution is -0.141. The minimum atomic E-state index is -1.12. The molecule has 6 rings (SSSR count). The highest BCUT2D eigenvalue weighted by Gasteiger charge is 2.72. The van der Waals surface area contributed by atoms with Crippen LogP contribution in [0.15, 0.2) is 30.4 Å². The molecule has 8 heteroatoms. The minimum Gasteiger partial charge on any atom is -0.359 e. The van der Waals surface area contributed by atoms with Crippen LogP contribution in [0.5, 0.6) is 0 Å². The summed E-state index contributed by atoms with van der Waals surface area (Å²) >= 11 is 0. The van der Waals surface area contributed by atoms with E-state index in [9.17, 15) is 14.4 Å². The Morgan fingerprint density at radius 3 is 2.55 bits per heavy atom. The van der Waals surface area contributed by atoms with Crippen molar-refractivity contribution in [1.82, 2.24) is 15.1 Å². The van der Waals surface area contributed by atoms with Crippen LogP contribution in [0, 0.1) is 37.5 Å². The van der Waals surface area contributed by atoms with Gasteiger partial charge in [0.2, 0.25) is 17.7 Å². The molecule has 0 aromatic heterocycles. The van der Waals surface area contributed by atoms with Crippen LogP contribution < -0.4 is 10.6 Å². The average Bonchev–Trinajstić information content (AvgIpc) is 3.61. The van der Waals surface area contributed by atoms with Gasteiger partial charge in [-0.1, -0.05) is 51.3 Å². The average molecular weight is 577 g/mol. The maximum Gasteiger partial charge on any atom is 0.246 e. The Bertz CT molecular complexity index is 1240. The molecule has 8 nitrogen and oxygen atoms in total. The first-order valence-electron chi connectivity index (χ1n) is 16.3. The Labute approximate surface area is 250 Å². The molecule has 4 aliphatic heterocycles. The molecule has 1 spiro atoms. The van der Waals surface area contributed by atoms with Crippen molar-refractivity contribution in [3.8, 4) is 0 Å². The number of fused-ring (bicyclic) bond motifs is 1. The third-order valence-corrected chi connectivity index (χ3v) is 11.1. The molecule has 1 aromatic rings. The van der Waals surface area contributed by atoms with Crippen LogP contribution in [0.4, 0.5) is 5.69 Å². The molecule has 4 heterocycles. The number of likely N-dealkylation sites (tertiary alicyclic amines) is 2. The Hall–Kier alpha value is -2.71. The van der Waals surface area contributed by atoms with Crippen LogP contribution in [0.1, 0.15) is 69.9 Å². The van der Waals surface area contributed by atoms with Gasteiger partial charge in [-0.25, -0.2) is 0 Å². The van der Waals surface area contributed by atoms with Gasteiger partial charge in [0.25, 0.3) is 0 Å². The Morgan fingerprint density at radius 1 is 1.00 bits per heavy atom. The molecule has 5 aliphatic rings. The van der Waals surface area contributed by atoms with E-state index >= 15 is 0 Å². The van der Waals surface area contributed by atoms with Crippen LogP contribution in [0.3, 0.4) is 0 Å². The summed E-state index contributed by atoms with van der Waals surface area (Å²) in [4.78, 5) is 46.5. The van der Waals surface area contributed by atoms with Gasteiger partial charge in [-0.15, -0.1) is 0 Å². The Balaban J connectivity index is 1.25. The normalized spacial score (nSPS) is 35.9. The van der Waals surface area contributed by atoms with Crippen molar-refractivity contribution in [2.45, 2.75) is 96.4 Å². The number of rotatable bonds is 8. The Kier molecular flexibility index (Phi) is 8.22. The molecular formula is C34H48N4O4. The molecule has 1 aromatic carbocycles. The number of piperidine rings is 1. The fraction of sp³-hybridized carbons (Fsp3) is 0.676. The molecule has 42 heavy (non-hydrogen) atoms. The summed E-state index contributed by atoms with van der Waals surface area (Å²) in [6.45, 7) is 12.1. The van der Waals surface area contributed by atoms with Crippen LogP contribution in [-0.2, 0) is 19.1 Å². The lowest BCUT2D eigenvalue weighted by Crippen LogP contribution is -2.58. The fourth-order valence-electron chi connectivity index (χ4n) is 8.25. The second-order valence-electron chi connectivity index (χ2n) is 13.7. The third kappa shape index (κ3) is 5.19.